The second-order valence-corrected chi connectivity index (χ2v) is 7.26. The summed E-state index contributed by atoms with van der Waals surface area (Å²) in [4.78, 5) is 29.2. The van der Waals surface area contributed by atoms with Crippen LogP contribution >= 0.6 is 0 Å². The highest BCUT2D eigenvalue weighted by atomic mass is 16.2. The Labute approximate surface area is 164 Å². The summed E-state index contributed by atoms with van der Waals surface area (Å²) in [5.41, 5.74) is 5.05. The van der Waals surface area contributed by atoms with Crippen molar-refractivity contribution in [3.63, 3.8) is 0 Å². The Kier molecular flexibility index (Phi) is 5.44. The molecule has 2 N–H and O–H groups in total. The van der Waals surface area contributed by atoms with Crippen molar-refractivity contribution in [2.75, 3.05) is 5.32 Å². The molecule has 0 spiro atoms. The molecule has 2 heterocycles. The number of carbonyl (C=O) groups is 2. The van der Waals surface area contributed by atoms with Gasteiger partial charge in [-0.1, -0.05) is 26.0 Å². The van der Waals surface area contributed by atoms with Crippen LogP contribution in [0.25, 0.3) is 5.65 Å². The number of aromatic nitrogens is 3. The largest absolute Gasteiger partial charge is 0.348 e. The summed E-state index contributed by atoms with van der Waals surface area (Å²) < 4.78 is 1.69. The SMILES string of the molecule is Cc1cc(C)n2nc(C)c(C(=O)NCc3cccc(NC(=O)C(C)C)c3)c2n1. The summed E-state index contributed by atoms with van der Waals surface area (Å²) in [6.07, 6.45) is 0. The minimum atomic E-state index is -0.221. The summed E-state index contributed by atoms with van der Waals surface area (Å²) >= 11 is 0. The van der Waals surface area contributed by atoms with Crippen molar-refractivity contribution in [3.05, 3.63) is 58.5 Å². The molecule has 7 nitrogen and oxygen atoms in total. The van der Waals surface area contributed by atoms with E-state index in [-0.39, 0.29) is 17.7 Å². The summed E-state index contributed by atoms with van der Waals surface area (Å²) in [6.45, 7) is 9.66. The number of fused-ring (bicyclic) bond motifs is 1. The molecule has 0 aliphatic heterocycles. The van der Waals surface area contributed by atoms with Crippen LogP contribution in [0.3, 0.4) is 0 Å². The lowest BCUT2D eigenvalue weighted by Crippen LogP contribution is -2.24. The first kappa shape index (κ1) is 19.5. The second kappa shape index (κ2) is 7.80. The lowest BCUT2D eigenvalue weighted by atomic mass is 10.1. The lowest BCUT2D eigenvalue weighted by molar-refractivity contribution is -0.118. The van der Waals surface area contributed by atoms with Crippen molar-refractivity contribution in [2.45, 2.75) is 41.2 Å². The van der Waals surface area contributed by atoms with Crippen molar-refractivity contribution in [1.29, 1.82) is 0 Å². The van der Waals surface area contributed by atoms with E-state index in [1.807, 2.05) is 58.0 Å². The van der Waals surface area contributed by atoms with Gasteiger partial charge in [-0.25, -0.2) is 9.50 Å². The van der Waals surface area contributed by atoms with E-state index in [0.29, 0.717) is 29.1 Å². The van der Waals surface area contributed by atoms with Crippen LogP contribution in [0.5, 0.6) is 0 Å². The lowest BCUT2D eigenvalue weighted by Gasteiger charge is -2.10. The molecular formula is C21H25N5O2. The monoisotopic (exact) mass is 379 g/mol. The molecule has 2 aromatic heterocycles. The first-order chi connectivity index (χ1) is 13.3. The van der Waals surface area contributed by atoms with Crippen LogP contribution in [0.15, 0.2) is 30.3 Å². The van der Waals surface area contributed by atoms with Gasteiger partial charge in [0.25, 0.3) is 5.91 Å². The number of carbonyl (C=O) groups excluding carboxylic acids is 2. The zero-order valence-corrected chi connectivity index (χ0v) is 16.8. The van der Waals surface area contributed by atoms with Crippen molar-refractivity contribution < 1.29 is 9.59 Å². The number of hydrogen-bond donors (Lipinski definition) is 2. The van der Waals surface area contributed by atoms with E-state index in [1.54, 1.807) is 11.4 Å². The van der Waals surface area contributed by atoms with Gasteiger partial charge < -0.3 is 10.6 Å². The molecule has 7 heteroatoms. The average Bonchev–Trinajstić information content (AvgIpc) is 2.96. The molecule has 3 rings (SSSR count). The van der Waals surface area contributed by atoms with E-state index in [9.17, 15) is 9.59 Å². The molecule has 0 aliphatic rings. The van der Waals surface area contributed by atoms with Gasteiger partial charge in [-0.05, 0) is 44.5 Å². The predicted octanol–water partition coefficient (Wildman–Crippen LogP) is 3.18. The fraction of sp³-hybridized carbons (Fsp3) is 0.333. The fourth-order valence-electron chi connectivity index (χ4n) is 3.01. The highest BCUT2D eigenvalue weighted by Gasteiger charge is 2.19. The maximum atomic E-state index is 12.8. The zero-order chi connectivity index (χ0) is 20.4. The molecule has 0 aliphatic carbocycles. The highest BCUT2D eigenvalue weighted by molar-refractivity contribution is 6.01. The third-order valence-electron chi connectivity index (χ3n) is 4.47. The zero-order valence-electron chi connectivity index (χ0n) is 16.8. The Hall–Kier alpha value is -3.22. The minimum Gasteiger partial charge on any atom is -0.348 e. The Morgan fingerprint density at radius 3 is 2.61 bits per heavy atom. The maximum Gasteiger partial charge on any atom is 0.257 e. The molecule has 0 radical (unpaired) electrons. The summed E-state index contributed by atoms with van der Waals surface area (Å²) in [5.74, 6) is -0.358. The van der Waals surface area contributed by atoms with Crippen LogP contribution in [0.1, 0.15) is 46.9 Å². The number of benzene rings is 1. The second-order valence-electron chi connectivity index (χ2n) is 7.26. The summed E-state index contributed by atoms with van der Waals surface area (Å²) in [5, 5.41) is 10.2. The van der Waals surface area contributed by atoms with Crippen LogP contribution in [-0.2, 0) is 11.3 Å². The normalized spacial score (nSPS) is 11.1. The predicted molar refractivity (Wildman–Crippen MR) is 108 cm³/mol. The molecule has 0 fully saturated rings. The Bertz CT molecular complexity index is 1050. The number of nitrogens with one attached hydrogen (secondary N) is 2. The molecule has 0 saturated heterocycles. The average molecular weight is 379 g/mol. The first-order valence-corrected chi connectivity index (χ1v) is 9.28. The summed E-state index contributed by atoms with van der Waals surface area (Å²) in [7, 11) is 0. The van der Waals surface area contributed by atoms with Gasteiger partial charge in [0.1, 0.15) is 5.56 Å². The van der Waals surface area contributed by atoms with Gasteiger partial charge in [0.15, 0.2) is 5.65 Å². The number of hydrogen-bond acceptors (Lipinski definition) is 4. The van der Waals surface area contributed by atoms with E-state index in [2.05, 4.69) is 20.7 Å². The van der Waals surface area contributed by atoms with Crippen LogP contribution < -0.4 is 10.6 Å². The number of rotatable bonds is 5. The van der Waals surface area contributed by atoms with Crippen molar-refractivity contribution in [1.82, 2.24) is 19.9 Å². The highest BCUT2D eigenvalue weighted by Crippen LogP contribution is 2.17. The number of amides is 2. The molecular weight excluding hydrogens is 354 g/mol. The Morgan fingerprint density at radius 2 is 1.89 bits per heavy atom. The van der Waals surface area contributed by atoms with Gasteiger partial charge in [0.2, 0.25) is 5.91 Å². The quantitative estimate of drug-likeness (QED) is 0.713. The maximum absolute atomic E-state index is 12.8. The third kappa shape index (κ3) is 4.03. The molecule has 146 valence electrons. The van der Waals surface area contributed by atoms with Gasteiger partial charge >= 0.3 is 0 Å². The number of aryl methyl sites for hydroxylation is 3. The van der Waals surface area contributed by atoms with E-state index >= 15 is 0 Å². The number of nitrogens with zero attached hydrogens (tertiary/aromatic N) is 3. The van der Waals surface area contributed by atoms with E-state index in [0.717, 1.165) is 17.0 Å². The fourth-order valence-corrected chi connectivity index (χ4v) is 3.01. The van der Waals surface area contributed by atoms with E-state index in [1.165, 1.54) is 0 Å². The molecule has 3 aromatic rings. The van der Waals surface area contributed by atoms with Gasteiger partial charge in [-0.2, -0.15) is 5.10 Å². The van der Waals surface area contributed by atoms with Crippen LogP contribution in [-0.4, -0.2) is 26.4 Å². The van der Waals surface area contributed by atoms with Crippen molar-refractivity contribution in [3.8, 4) is 0 Å². The van der Waals surface area contributed by atoms with Crippen molar-refractivity contribution >= 4 is 23.1 Å². The van der Waals surface area contributed by atoms with Gasteiger partial charge in [0, 0.05) is 29.5 Å². The smallest absolute Gasteiger partial charge is 0.257 e. The molecule has 0 saturated carbocycles. The Balaban J connectivity index is 1.77. The third-order valence-corrected chi connectivity index (χ3v) is 4.47. The molecule has 2 amide bonds. The molecule has 0 bridgehead atoms. The standard InChI is InChI=1S/C21H25N5O2/c1-12(2)20(27)24-17-8-6-7-16(10-17)11-22-21(28)18-15(5)25-26-14(4)9-13(3)23-19(18)26/h6-10,12H,11H2,1-5H3,(H,22,28)(H,24,27). The Morgan fingerprint density at radius 1 is 1.14 bits per heavy atom. The topological polar surface area (TPSA) is 88.4 Å². The number of anilines is 1. The van der Waals surface area contributed by atoms with Crippen LogP contribution in [0.4, 0.5) is 5.69 Å². The minimum absolute atomic E-state index is 0.0417. The van der Waals surface area contributed by atoms with Gasteiger partial charge in [-0.3, -0.25) is 9.59 Å². The van der Waals surface area contributed by atoms with E-state index < -0.39 is 0 Å². The van der Waals surface area contributed by atoms with Crippen molar-refractivity contribution in [2.24, 2.45) is 5.92 Å². The first-order valence-electron chi connectivity index (χ1n) is 9.28. The summed E-state index contributed by atoms with van der Waals surface area (Å²) in [6, 6.07) is 9.37. The van der Waals surface area contributed by atoms with Crippen LogP contribution in [0, 0.1) is 26.7 Å². The molecule has 1 aromatic carbocycles. The molecule has 0 atom stereocenters. The van der Waals surface area contributed by atoms with Gasteiger partial charge in [0.05, 0.1) is 5.69 Å². The molecule has 0 unspecified atom stereocenters. The van der Waals surface area contributed by atoms with Crippen LogP contribution in [0.2, 0.25) is 0 Å². The van der Waals surface area contributed by atoms with Gasteiger partial charge in [-0.15, -0.1) is 0 Å². The van der Waals surface area contributed by atoms with E-state index in [4.69, 9.17) is 0 Å². The molecule has 28 heavy (non-hydrogen) atoms.